The molecule has 0 unspecified atom stereocenters. The van der Waals surface area contributed by atoms with Gasteiger partial charge in [0.2, 0.25) is 5.69 Å². The number of benzene rings is 7. The molecule has 0 atom stereocenters. The Bertz CT molecular complexity index is 4920. The van der Waals surface area contributed by atoms with Gasteiger partial charge < -0.3 is 13.2 Å². The number of hydrogen-bond donors (Lipinski definition) is 0. The minimum Gasteiger partial charge on any atom is -0.304 e. The number of hydrogen-bond acceptors (Lipinski definition) is 8. The quantitative estimate of drug-likeness (QED) is 0.118. The predicted octanol–water partition coefficient (Wildman–Crippen LogP) is 16.4. The van der Waals surface area contributed by atoms with E-state index >= 15 is 0 Å². The van der Waals surface area contributed by atoms with Crippen LogP contribution in [0.4, 0.5) is 5.69 Å². The molecule has 13 aromatic rings. The first-order valence-corrected chi connectivity index (χ1v) is 28.8. The molecule has 0 spiro atoms. The van der Waals surface area contributed by atoms with Crippen molar-refractivity contribution in [3.8, 4) is 78.9 Å². The molecule has 0 fully saturated rings. The number of fused-ring (bicyclic) bond motifs is 9. The third kappa shape index (κ3) is 9.20. The van der Waals surface area contributed by atoms with E-state index in [2.05, 4.69) is 131 Å². The van der Waals surface area contributed by atoms with E-state index in [1.807, 2.05) is 141 Å². The van der Waals surface area contributed by atoms with E-state index < -0.39 is 0 Å². The maximum absolute atomic E-state index is 13.2. The van der Waals surface area contributed by atoms with Crippen LogP contribution in [-0.2, 0) is 16.2 Å². The molecule has 0 bridgehead atoms. The molecule has 7 aromatic carbocycles. The third-order valence-corrected chi connectivity index (χ3v) is 16.7. The van der Waals surface area contributed by atoms with Crippen LogP contribution in [0.2, 0.25) is 0 Å². The number of nitrogens with zero attached hydrogens (tertiary/aromatic N) is 9. The lowest BCUT2D eigenvalue weighted by Gasteiger charge is -2.22. The molecule has 0 aliphatic heterocycles. The molecular formula is C75H57N9O3. The molecule has 0 N–H and O–H groups in total. The normalized spacial score (nSPS) is 12.1. The van der Waals surface area contributed by atoms with Gasteiger partial charge in [-0.1, -0.05) is 159 Å². The van der Waals surface area contributed by atoms with E-state index in [9.17, 15) is 24.9 Å². The summed E-state index contributed by atoms with van der Waals surface area (Å²) in [6.45, 7) is 27.3. The van der Waals surface area contributed by atoms with Crippen LogP contribution in [0.1, 0.15) is 90.5 Å². The molecule has 0 saturated heterocycles. The number of nitriles is 2. The Balaban J connectivity index is 1.05. The van der Waals surface area contributed by atoms with E-state index in [1.165, 1.54) is 0 Å². The second-order valence-corrected chi connectivity index (χ2v) is 25.3. The summed E-state index contributed by atoms with van der Waals surface area (Å²) >= 11 is 0. The lowest BCUT2D eigenvalue weighted by atomic mass is 9.84. The number of pyridine rings is 3. The zero-order chi connectivity index (χ0) is 61.0. The van der Waals surface area contributed by atoms with Crippen LogP contribution in [0.25, 0.3) is 121 Å². The lowest BCUT2D eigenvalue weighted by Crippen LogP contribution is -2.22. The van der Waals surface area contributed by atoms with E-state index in [-0.39, 0.29) is 32.9 Å². The van der Waals surface area contributed by atoms with Crippen molar-refractivity contribution in [2.75, 3.05) is 0 Å². The largest absolute Gasteiger partial charge is 0.304 e. The molecule has 0 saturated carbocycles. The van der Waals surface area contributed by atoms with Gasteiger partial charge in [0.05, 0.1) is 17.7 Å². The molecule has 12 nitrogen and oxygen atoms in total. The predicted molar refractivity (Wildman–Crippen MR) is 348 cm³/mol. The summed E-state index contributed by atoms with van der Waals surface area (Å²) in [5.74, 6) is 0. The average Bonchev–Trinajstić information content (AvgIpc) is 3.12. The van der Waals surface area contributed by atoms with Crippen LogP contribution in [0.3, 0.4) is 0 Å². The van der Waals surface area contributed by atoms with Crippen molar-refractivity contribution in [3.05, 3.63) is 253 Å². The van der Waals surface area contributed by atoms with Gasteiger partial charge >= 0.3 is 0 Å². The number of aromatic nitrogens is 6. The van der Waals surface area contributed by atoms with Crippen molar-refractivity contribution in [1.82, 2.24) is 28.2 Å². The molecule has 87 heavy (non-hydrogen) atoms. The summed E-state index contributed by atoms with van der Waals surface area (Å²) in [5, 5.41) is 26.5. The zero-order valence-corrected chi connectivity index (χ0v) is 49.6. The summed E-state index contributed by atoms with van der Waals surface area (Å²) < 4.78 is 5.81. The maximum Gasteiger partial charge on any atom is 0.273 e. The molecule has 13 rings (SSSR count). The minimum atomic E-state index is -0.369. The summed E-state index contributed by atoms with van der Waals surface area (Å²) in [6, 6.07) is 57.8. The Morgan fingerprint density at radius 3 is 0.989 bits per heavy atom. The fraction of sp³-hybridized carbons (Fsp3) is 0.160. The summed E-state index contributed by atoms with van der Waals surface area (Å²) in [7, 11) is 0. The van der Waals surface area contributed by atoms with Gasteiger partial charge in [0.15, 0.2) is 0 Å². The van der Waals surface area contributed by atoms with E-state index in [4.69, 9.17) is 6.57 Å². The van der Waals surface area contributed by atoms with Gasteiger partial charge in [0, 0.05) is 108 Å². The van der Waals surface area contributed by atoms with Crippen molar-refractivity contribution in [2.24, 2.45) is 0 Å². The summed E-state index contributed by atoms with van der Waals surface area (Å²) in [6.07, 6.45) is 5.67. The Labute approximate surface area is 501 Å². The third-order valence-electron chi connectivity index (χ3n) is 16.7. The molecular weight excluding hydrogens is 1070 g/mol. The second kappa shape index (κ2) is 20.3. The zero-order valence-electron chi connectivity index (χ0n) is 49.6. The maximum atomic E-state index is 13.2. The van der Waals surface area contributed by atoms with Gasteiger partial charge in [-0.2, -0.15) is 25.5 Å². The fourth-order valence-electron chi connectivity index (χ4n) is 12.7. The van der Waals surface area contributed by atoms with Crippen molar-refractivity contribution >= 4 is 54.9 Å². The standard InChI is InChI=1S/C75H57N9O3/c1-73(2,3)63-38-66(85)79-70-58-26-23-52(61(41-76)54(58)29-32-82(63)70)49-20-14-11-17-46(49)43-35-44(47-18-12-15-21-50(47)53-24-27-59-55(62(53)42-77)30-33-83-64(74(4,5)6)39-67(86)80-71(59)83)37-45(36-43)48-19-13-16-22-51(48)56-25-28-60-57(69(56)78-10)31-34-84-65(75(7,8)9)40-68(87)81-72(60)84/h11-40H,1-9H3. The summed E-state index contributed by atoms with van der Waals surface area (Å²) in [5.41, 5.74) is 12.4. The van der Waals surface area contributed by atoms with E-state index in [0.29, 0.717) is 82.8 Å². The molecule has 6 heterocycles. The topological polar surface area (TPSA) is 155 Å². The van der Waals surface area contributed by atoms with Crippen LogP contribution >= 0.6 is 0 Å². The smallest absolute Gasteiger partial charge is 0.273 e. The van der Waals surface area contributed by atoms with Gasteiger partial charge in [0.25, 0.3) is 16.7 Å². The van der Waals surface area contributed by atoms with Crippen molar-refractivity contribution in [3.63, 3.8) is 0 Å². The van der Waals surface area contributed by atoms with Crippen LogP contribution in [0, 0.1) is 29.2 Å². The monoisotopic (exact) mass is 1130 g/mol. The first-order valence-electron chi connectivity index (χ1n) is 28.8. The SMILES string of the molecule is [C-]#[N+]c1c(-c2ccccc2-c2cc(-c3ccccc3-c3ccc4c(ccn5c(C(C)(C)C)cc(=O)nc45)c3C#N)cc(-c3ccccc3-c3ccc4c(ccn5c(C(C)(C)C)cc(=O)nc45)c3C#N)c2)ccc2c1ccn1c(C(C)(C)C)cc(=O)nc21. The molecule has 0 aliphatic carbocycles. The van der Waals surface area contributed by atoms with E-state index in [0.717, 1.165) is 67.2 Å². The molecule has 12 heteroatoms. The fourth-order valence-corrected chi connectivity index (χ4v) is 12.7. The van der Waals surface area contributed by atoms with Gasteiger partial charge in [-0.15, -0.1) is 0 Å². The molecule has 0 radical (unpaired) electrons. The Hall–Kier alpha value is -11.1. The Kier molecular flexibility index (Phi) is 12.9. The van der Waals surface area contributed by atoms with E-state index in [1.54, 1.807) is 18.2 Å². The highest BCUT2D eigenvalue weighted by Gasteiger charge is 2.26. The highest BCUT2D eigenvalue weighted by Crippen LogP contribution is 2.47. The van der Waals surface area contributed by atoms with Crippen LogP contribution in [0.5, 0.6) is 0 Å². The highest BCUT2D eigenvalue weighted by atomic mass is 16.1. The average molecular weight is 1130 g/mol. The first-order chi connectivity index (χ1) is 41.6. The molecule has 420 valence electrons. The van der Waals surface area contributed by atoms with Gasteiger partial charge in [-0.3, -0.25) is 14.4 Å². The highest BCUT2D eigenvalue weighted by molar-refractivity contribution is 6.10. The molecule has 6 aromatic heterocycles. The van der Waals surface area contributed by atoms with Gasteiger partial charge in [0.1, 0.15) is 29.1 Å². The van der Waals surface area contributed by atoms with Crippen LogP contribution in [0.15, 0.2) is 197 Å². The Morgan fingerprint density at radius 1 is 0.368 bits per heavy atom. The molecule has 0 amide bonds. The van der Waals surface area contributed by atoms with Crippen molar-refractivity contribution in [2.45, 2.75) is 78.6 Å². The van der Waals surface area contributed by atoms with Crippen LogP contribution in [-0.4, -0.2) is 28.2 Å². The van der Waals surface area contributed by atoms with Crippen molar-refractivity contribution < 1.29 is 0 Å². The van der Waals surface area contributed by atoms with Gasteiger partial charge in [-0.25, -0.2) is 4.85 Å². The molecule has 0 aliphatic rings. The van der Waals surface area contributed by atoms with Crippen LogP contribution < -0.4 is 16.7 Å². The number of rotatable bonds is 6. The second-order valence-electron chi connectivity index (χ2n) is 25.3. The lowest BCUT2D eigenvalue weighted by molar-refractivity contribution is 0.557. The van der Waals surface area contributed by atoms with Crippen molar-refractivity contribution in [1.29, 1.82) is 10.5 Å². The Morgan fingerprint density at radius 2 is 0.667 bits per heavy atom. The minimum absolute atomic E-state index is 0.351. The first kappa shape index (κ1) is 55.1. The van der Waals surface area contributed by atoms with Gasteiger partial charge in [-0.05, 0) is 110 Å². The summed E-state index contributed by atoms with van der Waals surface area (Å²) in [4.78, 5) is 57.3.